The zero-order chi connectivity index (χ0) is 18.5. The standard InChI is InChI=1S/C22H21ClFNO/c1-15-2-4-17(5-3-15)22(26)14-21(16-6-8-18(23)9-7-16)25-20-12-10-19(24)11-13-20/h2-13,21-22,25-26H,14H2,1H3. The van der Waals surface area contributed by atoms with Gasteiger partial charge in [0.1, 0.15) is 5.82 Å². The maximum atomic E-state index is 13.2. The van der Waals surface area contributed by atoms with Gasteiger partial charge in [-0.05, 0) is 54.4 Å². The van der Waals surface area contributed by atoms with Crippen LogP contribution in [0.5, 0.6) is 0 Å². The third-order valence-electron chi connectivity index (χ3n) is 4.38. The summed E-state index contributed by atoms with van der Waals surface area (Å²) in [5, 5.41) is 14.7. The Morgan fingerprint density at radius 2 is 1.46 bits per heavy atom. The summed E-state index contributed by atoms with van der Waals surface area (Å²) in [6.07, 6.45) is -0.147. The lowest BCUT2D eigenvalue weighted by molar-refractivity contribution is 0.160. The molecule has 0 amide bonds. The third-order valence-corrected chi connectivity index (χ3v) is 4.63. The summed E-state index contributed by atoms with van der Waals surface area (Å²) in [5.74, 6) is -0.279. The molecule has 0 aliphatic carbocycles. The highest BCUT2D eigenvalue weighted by molar-refractivity contribution is 6.30. The minimum absolute atomic E-state index is 0.144. The van der Waals surface area contributed by atoms with E-state index in [1.165, 1.54) is 12.1 Å². The average Bonchev–Trinajstić information content (AvgIpc) is 2.64. The molecule has 0 aliphatic heterocycles. The topological polar surface area (TPSA) is 32.3 Å². The van der Waals surface area contributed by atoms with Crippen molar-refractivity contribution in [2.24, 2.45) is 0 Å². The number of hydrogen-bond donors (Lipinski definition) is 2. The fourth-order valence-electron chi connectivity index (χ4n) is 2.87. The molecule has 0 fully saturated rings. The summed E-state index contributed by atoms with van der Waals surface area (Å²) in [7, 11) is 0. The van der Waals surface area contributed by atoms with Gasteiger partial charge in [-0.15, -0.1) is 0 Å². The highest BCUT2D eigenvalue weighted by Crippen LogP contribution is 2.30. The van der Waals surface area contributed by atoms with Crippen molar-refractivity contribution in [2.75, 3.05) is 5.32 Å². The lowest BCUT2D eigenvalue weighted by atomic mass is 9.96. The van der Waals surface area contributed by atoms with E-state index in [0.717, 1.165) is 22.4 Å². The molecule has 0 aromatic heterocycles. The Balaban J connectivity index is 1.83. The first-order valence-corrected chi connectivity index (χ1v) is 8.91. The van der Waals surface area contributed by atoms with E-state index in [4.69, 9.17) is 11.6 Å². The van der Waals surface area contributed by atoms with Crippen LogP contribution in [0, 0.1) is 12.7 Å². The van der Waals surface area contributed by atoms with Gasteiger partial charge in [0, 0.05) is 17.1 Å². The molecule has 134 valence electrons. The van der Waals surface area contributed by atoms with Crippen LogP contribution in [0.2, 0.25) is 5.02 Å². The van der Waals surface area contributed by atoms with Gasteiger partial charge < -0.3 is 10.4 Å². The van der Waals surface area contributed by atoms with E-state index in [0.29, 0.717) is 11.4 Å². The van der Waals surface area contributed by atoms with Crippen molar-refractivity contribution >= 4 is 17.3 Å². The average molecular weight is 370 g/mol. The third kappa shape index (κ3) is 4.84. The number of anilines is 1. The van der Waals surface area contributed by atoms with Gasteiger partial charge in [-0.2, -0.15) is 0 Å². The zero-order valence-electron chi connectivity index (χ0n) is 14.5. The summed E-state index contributed by atoms with van der Waals surface area (Å²) in [6, 6.07) is 21.5. The van der Waals surface area contributed by atoms with Crippen LogP contribution in [0.1, 0.15) is 35.3 Å². The van der Waals surface area contributed by atoms with Gasteiger partial charge in [-0.1, -0.05) is 53.6 Å². The molecule has 2 N–H and O–H groups in total. The van der Waals surface area contributed by atoms with E-state index < -0.39 is 6.10 Å². The number of aryl methyl sites for hydroxylation is 1. The van der Waals surface area contributed by atoms with Gasteiger partial charge in [0.2, 0.25) is 0 Å². The van der Waals surface area contributed by atoms with Gasteiger partial charge in [0.15, 0.2) is 0 Å². The SMILES string of the molecule is Cc1ccc(C(O)CC(Nc2ccc(F)cc2)c2ccc(Cl)cc2)cc1. The number of hydrogen-bond acceptors (Lipinski definition) is 2. The van der Waals surface area contributed by atoms with Crippen molar-refractivity contribution in [3.8, 4) is 0 Å². The number of rotatable bonds is 6. The highest BCUT2D eigenvalue weighted by atomic mass is 35.5. The molecular weight excluding hydrogens is 349 g/mol. The first kappa shape index (κ1) is 18.4. The predicted octanol–water partition coefficient (Wildman–Crippen LogP) is 6.06. The first-order valence-electron chi connectivity index (χ1n) is 8.53. The number of aliphatic hydroxyl groups is 1. The summed E-state index contributed by atoms with van der Waals surface area (Å²) in [6.45, 7) is 2.02. The van der Waals surface area contributed by atoms with Crippen molar-refractivity contribution in [3.63, 3.8) is 0 Å². The van der Waals surface area contributed by atoms with Gasteiger partial charge in [0.05, 0.1) is 12.1 Å². The molecular formula is C22H21ClFNO. The Morgan fingerprint density at radius 3 is 2.08 bits per heavy atom. The summed E-state index contributed by atoms with van der Waals surface area (Å²) >= 11 is 6.00. The molecule has 3 aromatic carbocycles. The van der Waals surface area contributed by atoms with Gasteiger partial charge in [-0.25, -0.2) is 4.39 Å². The molecule has 0 radical (unpaired) electrons. The Hall–Kier alpha value is -2.36. The normalized spacial score (nSPS) is 13.2. The number of nitrogens with one attached hydrogen (secondary N) is 1. The largest absolute Gasteiger partial charge is 0.388 e. The molecule has 0 saturated carbocycles. The molecule has 0 bridgehead atoms. The fourth-order valence-corrected chi connectivity index (χ4v) is 2.99. The quantitative estimate of drug-likeness (QED) is 0.553. The summed E-state index contributed by atoms with van der Waals surface area (Å²) < 4.78 is 13.2. The van der Waals surface area contributed by atoms with Crippen LogP contribution in [0.25, 0.3) is 0 Å². The second-order valence-corrected chi connectivity index (χ2v) is 6.85. The number of aliphatic hydroxyl groups excluding tert-OH is 1. The molecule has 2 atom stereocenters. The Morgan fingerprint density at radius 1 is 0.885 bits per heavy atom. The van der Waals surface area contributed by atoms with Gasteiger partial charge in [-0.3, -0.25) is 0 Å². The highest BCUT2D eigenvalue weighted by Gasteiger charge is 2.18. The summed E-state index contributed by atoms with van der Waals surface area (Å²) in [4.78, 5) is 0. The van der Waals surface area contributed by atoms with E-state index in [1.807, 2.05) is 55.5 Å². The smallest absolute Gasteiger partial charge is 0.123 e. The molecule has 3 rings (SSSR count). The molecule has 2 unspecified atom stereocenters. The van der Waals surface area contributed by atoms with E-state index >= 15 is 0 Å². The molecule has 26 heavy (non-hydrogen) atoms. The maximum absolute atomic E-state index is 13.2. The number of halogens is 2. The van der Waals surface area contributed by atoms with Gasteiger partial charge in [0.25, 0.3) is 0 Å². The zero-order valence-corrected chi connectivity index (χ0v) is 15.2. The Kier molecular flexibility index (Phi) is 5.92. The molecule has 0 spiro atoms. The minimum Gasteiger partial charge on any atom is -0.388 e. The Bertz CT molecular complexity index is 832. The van der Waals surface area contributed by atoms with Crippen molar-refractivity contribution < 1.29 is 9.50 Å². The van der Waals surface area contributed by atoms with Crippen LogP contribution in [-0.4, -0.2) is 5.11 Å². The molecule has 2 nitrogen and oxygen atoms in total. The van der Waals surface area contributed by atoms with Crippen LogP contribution in [0.15, 0.2) is 72.8 Å². The van der Waals surface area contributed by atoms with Crippen LogP contribution in [0.4, 0.5) is 10.1 Å². The lowest BCUT2D eigenvalue weighted by Gasteiger charge is -2.24. The van der Waals surface area contributed by atoms with Crippen molar-refractivity contribution in [3.05, 3.63) is 100 Å². The monoisotopic (exact) mass is 369 g/mol. The molecule has 4 heteroatoms. The van der Waals surface area contributed by atoms with E-state index in [9.17, 15) is 9.50 Å². The molecule has 0 saturated heterocycles. The molecule has 0 aliphatic rings. The maximum Gasteiger partial charge on any atom is 0.123 e. The van der Waals surface area contributed by atoms with Crippen LogP contribution in [0.3, 0.4) is 0 Å². The van der Waals surface area contributed by atoms with E-state index in [1.54, 1.807) is 12.1 Å². The lowest BCUT2D eigenvalue weighted by Crippen LogP contribution is -2.15. The van der Waals surface area contributed by atoms with Gasteiger partial charge >= 0.3 is 0 Å². The fraction of sp³-hybridized carbons (Fsp3) is 0.182. The first-order chi connectivity index (χ1) is 12.5. The second kappa shape index (κ2) is 8.35. The van der Waals surface area contributed by atoms with E-state index in [2.05, 4.69) is 5.32 Å². The van der Waals surface area contributed by atoms with Crippen molar-refractivity contribution in [1.29, 1.82) is 0 Å². The van der Waals surface area contributed by atoms with Crippen molar-refractivity contribution in [2.45, 2.75) is 25.5 Å². The molecule has 0 heterocycles. The van der Waals surface area contributed by atoms with Crippen LogP contribution >= 0.6 is 11.6 Å². The number of benzene rings is 3. The summed E-state index contributed by atoms with van der Waals surface area (Å²) in [5.41, 5.74) is 3.82. The van der Waals surface area contributed by atoms with Crippen molar-refractivity contribution in [1.82, 2.24) is 0 Å². The van der Waals surface area contributed by atoms with E-state index in [-0.39, 0.29) is 11.9 Å². The predicted molar refractivity (Wildman–Crippen MR) is 105 cm³/mol. The molecule has 3 aromatic rings. The Labute approximate surface area is 158 Å². The minimum atomic E-state index is -0.621. The van der Waals surface area contributed by atoms with Crippen LogP contribution in [-0.2, 0) is 0 Å². The second-order valence-electron chi connectivity index (χ2n) is 6.42. The van der Waals surface area contributed by atoms with Crippen LogP contribution < -0.4 is 5.32 Å².